The van der Waals surface area contributed by atoms with Crippen LogP contribution in [0.25, 0.3) is 0 Å². The monoisotopic (exact) mass is 271 g/mol. The number of likely N-dealkylation sites (N-methyl/N-ethyl adjacent to an activating group) is 1. The first-order valence-corrected chi connectivity index (χ1v) is 5.41. The van der Waals surface area contributed by atoms with Gasteiger partial charge in [-0.3, -0.25) is 4.79 Å². The van der Waals surface area contributed by atoms with Crippen molar-refractivity contribution in [3.05, 3.63) is 22.7 Å². The van der Waals surface area contributed by atoms with Gasteiger partial charge in [-0.15, -0.1) is 0 Å². The summed E-state index contributed by atoms with van der Waals surface area (Å²) in [5, 5.41) is 0.249. The van der Waals surface area contributed by atoms with Crippen LogP contribution in [0.1, 0.15) is 10.4 Å². The molecule has 0 spiro atoms. The predicted molar refractivity (Wildman–Crippen MR) is 69.7 cm³/mol. The van der Waals surface area contributed by atoms with Gasteiger partial charge in [0.1, 0.15) is 0 Å². The van der Waals surface area contributed by atoms with Gasteiger partial charge in [-0.1, -0.05) is 11.6 Å². The highest BCUT2D eigenvalue weighted by molar-refractivity contribution is 6.34. The lowest BCUT2D eigenvalue weighted by Crippen LogP contribution is -2.31. The maximum Gasteiger partial charge on any atom is 0.340 e. The standard InChI is InChI=1S/C11H14ClN3O3/c1-15(5-9(14)16)10-7(11(17)18-2)3-6(13)4-8(10)12/h3-4H,5,13H2,1-2H3,(H2,14,16). The molecule has 6 nitrogen and oxygen atoms in total. The number of anilines is 2. The third-order valence-corrected chi connectivity index (χ3v) is 2.55. The van der Waals surface area contributed by atoms with Gasteiger partial charge in [0.2, 0.25) is 5.91 Å². The summed E-state index contributed by atoms with van der Waals surface area (Å²) in [5.74, 6) is -1.13. The average Bonchev–Trinajstić information content (AvgIpc) is 2.25. The number of methoxy groups -OCH3 is 1. The Kier molecular flexibility index (Phi) is 4.38. The van der Waals surface area contributed by atoms with Crippen LogP contribution in [0.3, 0.4) is 0 Å². The van der Waals surface area contributed by atoms with E-state index >= 15 is 0 Å². The smallest absolute Gasteiger partial charge is 0.340 e. The van der Waals surface area contributed by atoms with Crippen molar-refractivity contribution in [1.82, 2.24) is 0 Å². The number of primary amides is 1. The van der Waals surface area contributed by atoms with Crippen LogP contribution in [0.4, 0.5) is 11.4 Å². The molecule has 0 saturated heterocycles. The van der Waals surface area contributed by atoms with Crippen molar-refractivity contribution in [2.75, 3.05) is 31.3 Å². The fourth-order valence-corrected chi connectivity index (χ4v) is 1.96. The van der Waals surface area contributed by atoms with E-state index in [1.54, 1.807) is 7.05 Å². The minimum absolute atomic E-state index is 0.0758. The van der Waals surface area contributed by atoms with Gasteiger partial charge in [-0.2, -0.15) is 0 Å². The topological polar surface area (TPSA) is 98.7 Å². The lowest BCUT2D eigenvalue weighted by molar-refractivity contribution is -0.116. The summed E-state index contributed by atoms with van der Waals surface area (Å²) in [7, 11) is 2.84. The minimum atomic E-state index is -0.587. The van der Waals surface area contributed by atoms with E-state index in [0.29, 0.717) is 11.4 Å². The summed E-state index contributed by atoms with van der Waals surface area (Å²) in [6, 6.07) is 2.92. The lowest BCUT2D eigenvalue weighted by Gasteiger charge is -2.21. The highest BCUT2D eigenvalue weighted by atomic mass is 35.5. The number of ether oxygens (including phenoxy) is 1. The zero-order chi connectivity index (χ0) is 13.9. The number of esters is 1. The number of nitrogens with zero attached hydrogens (tertiary/aromatic N) is 1. The molecule has 0 atom stereocenters. The summed E-state index contributed by atoms with van der Waals surface area (Å²) in [6.07, 6.45) is 0. The second-order valence-electron chi connectivity index (χ2n) is 3.71. The number of rotatable bonds is 4. The van der Waals surface area contributed by atoms with Crippen LogP contribution in [0.2, 0.25) is 5.02 Å². The largest absolute Gasteiger partial charge is 0.465 e. The summed E-state index contributed by atoms with van der Waals surface area (Å²) < 4.78 is 4.65. The van der Waals surface area contributed by atoms with Crippen molar-refractivity contribution in [2.45, 2.75) is 0 Å². The molecule has 7 heteroatoms. The van der Waals surface area contributed by atoms with Crippen molar-refractivity contribution in [1.29, 1.82) is 0 Å². The zero-order valence-electron chi connectivity index (χ0n) is 10.1. The normalized spacial score (nSPS) is 9.94. The van der Waals surface area contributed by atoms with Gasteiger partial charge in [-0.25, -0.2) is 4.79 Å². The quantitative estimate of drug-likeness (QED) is 0.618. The Balaban J connectivity index is 3.31. The molecular weight excluding hydrogens is 258 g/mol. The van der Waals surface area contributed by atoms with Gasteiger partial charge < -0.3 is 21.1 Å². The highest BCUT2D eigenvalue weighted by Gasteiger charge is 2.20. The number of hydrogen-bond acceptors (Lipinski definition) is 5. The fourth-order valence-electron chi connectivity index (χ4n) is 1.59. The van der Waals surface area contributed by atoms with Crippen LogP contribution < -0.4 is 16.4 Å². The molecule has 1 aromatic rings. The number of amides is 1. The molecular formula is C11H14ClN3O3. The second-order valence-corrected chi connectivity index (χ2v) is 4.12. The van der Waals surface area contributed by atoms with Gasteiger partial charge in [0.25, 0.3) is 0 Å². The molecule has 0 aliphatic carbocycles. The van der Waals surface area contributed by atoms with E-state index in [2.05, 4.69) is 4.74 Å². The van der Waals surface area contributed by atoms with Crippen molar-refractivity contribution in [3.8, 4) is 0 Å². The van der Waals surface area contributed by atoms with Crippen LogP contribution in [-0.2, 0) is 9.53 Å². The van der Waals surface area contributed by atoms with E-state index in [0.717, 1.165) is 0 Å². The SMILES string of the molecule is COC(=O)c1cc(N)cc(Cl)c1N(C)CC(N)=O. The third kappa shape index (κ3) is 3.04. The van der Waals surface area contributed by atoms with E-state index in [1.807, 2.05) is 0 Å². The molecule has 1 amide bonds. The molecule has 0 aliphatic rings. The maximum atomic E-state index is 11.6. The number of nitrogen functional groups attached to an aromatic ring is 1. The molecule has 1 aromatic carbocycles. The van der Waals surface area contributed by atoms with Gasteiger partial charge in [0.15, 0.2) is 0 Å². The maximum absolute atomic E-state index is 11.6. The van der Waals surface area contributed by atoms with E-state index in [1.165, 1.54) is 24.1 Å². The predicted octanol–water partition coefficient (Wildman–Crippen LogP) is 0.630. The van der Waals surface area contributed by atoms with Crippen molar-refractivity contribution in [2.24, 2.45) is 5.73 Å². The zero-order valence-corrected chi connectivity index (χ0v) is 10.8. The first kappa shape index (κ1) is 14.1. The first-order chi connectivity index (χ1) is 8.36. The Hall–Kier alpha value is -1.95. The third-order valence-electron chi connectivity index (χ3n) is 2.27. The molecule has 0 saturated carbocycles. The van der Waals surface area contributed by atoms with E-state index in [4.69, 9.17) is 23.1 Å². The molecule has 0 aromatic heterocycles. The van der Waals surface area contributed by atoms with Crippen molar-refractivity contribution in [3.63, 3.8) is 0 Å². The Labute approximate surface area is 109 Å². The molecule has 18 heavy (non-hydrogen) atoms. The van der Waals surface area contributed by atoms with Gasteiger partial charge in [0, 0.05) is 12.7 Å². The van der Waals surface area contributed by atoms with Gasteiger partial charge >= 0.3 is 5.97 Å². The summed E-state index contributed by atoms with van der Waals surface area (Å²) >= 11 is 6.03. The Morgan fingerprint density at radius 3 is 2.56 bits per heavy atom. The Morgan fingerprint density at radius 2 is 2.06 bits per heavy atom. The molecule has 4 N–H and O–H groups in total. The minimum Gasteiger partial charge on any atom is -0.465 e. The molecule has 0 aliphatic heterocycles. The molecule has 98 valence electrons. The first-order valence-electron chi connectivity index (χ1n) is 5.03. The number of benzene rings is 1. The number of hydrogen-bond donors (Lipinski definition) is 2. The molecule has 0 radical (unpaired) electrons. The summed E-state index contributed by atoms with van der Waals surface area (Å²) in [4.78, 5) is 24.0. The van der Waals surface area contributed by atoms with Crippen LogP contribution >= 0.6 is 11.6 Å². The summed E-state index contributed by atoms with van der Waals surface area (Å²) in [6.45, 7) is -0.0758. The van der Waals surface area contributed by atoms with E-state index in [9.17, 15) is 9.59 Å². The number of carbonyl (C=O) groups is 2. The molecule has 0 heterocycles. The lowest BCUT2D eigenvalue weighted by atomic mass is 10.1. The van der Waals surface area contributed by atoms with Crippen LogP contribution in [-0.4, -0.2) is 32.6 Å². The van der Waals surface area contributed by atoms with Gasteiger partial charge in [-0.05, 0) is 12.1 Å². The van der Waals surface area contributed by atoms with E-state index in [-0.39, 0.29) is 17.1 Å². The summed E-state index contributed by atoms with van der Waals surface area (Å²) in [5.41, 5.74) is 11.6. The Morgan fingerprint density at radius 1 is 1.44 bits per heavy atom. The molecule has 1 rings (SSSR count). The van der Waals surface area contributed by atoms with Crippen molar-refractivity contribution < 1.29 is 14.3 Å². The Bertz CT molecular complexity index is 491. The van der Waals surface area contributed by atoms with Crippen LogP contribution in [0.5, 0.6) is 0 Å². The van der Waals surface area contributed by atoms with Crippen LogP contribution in [0, 0.1) is 0 Å². The van der Waals surface area contributed by atoms with Crippen molar-refractivity contribution >= 4 is 34.9 Å². The number of halogens is 1. The molecule has 0 unspecified atom stereocenters. The van der Waals surface area contributed by atoms with Gasteiger partial charge in [0.05, 0.1) is 29.9 Å². The number of nitrogens with two attached hydrogens (primary N) is 2. The second kappa shape index (κ2) is 5.59. The molecule has 0 fully saturated rings. The molecule has 0 bridgehead atoms. The highest BCUT2D eigenvalue weighted by Crippen LogP contribution is 2.32. The van der Waals surface area contributed by atoms with Crippen LogP contribution in [0.15, 0.2) is 12.1 Å². The van der Waals surface area contributed by atoms with E-state index < -0.39 is 11.9 Å². The number of carbonyl (C=O) groups excluding carboxylic acids is 2. The fraction of sp³-hybridized carbons (Fsp3) is 0.273. The average molecular weight is 272 g/mol.